The fourth-order valence-corrected chi connectivity index (χ4v) is 1.80. The summed E-state index contributed by atoms with van der Waals surface area (Å²) in [5.41, 5.74) is 16.4. The number of halogens is 1. The molecule has 0 bridgehead atoms. The van der Waals surface area contributed by atoms with Crippen molar-refractivity contribution in [2.45, 2.75) is 0 Å². The summed E-state index contributed by atoms with van der Waals surface area (Å²) < 4.78 is 0.538. The minimum Gasteiger partial charge on any atom is -0.398 e. The predicted molar refractivity (Wildman–Crippen MR) is 72.8 cm³/mol. The van der Waals surface area contributed by atoms with Crippen LogP contribution in [0.3, 0.4) is 0 Å². The van der Waals surface area contributed by atoms with E-state index in [1.165, 1.54) is 18.2 Å². The maximum atomic E-state index is 12.1. The van der Waals surface area contributed by atoms with Gasteiger partial charge in [0.2, 0.25) is 11.8 Å². The van der Waals surface area contributed by atoms with Crippen LogP contribution in [0.5, 0.6) is 0 Å². The van der Waals surface area contributed by atoms with Gasteiger partial charge in [-0.25, -0.2) is 0 Å². The minimum atomic E-state index is -0.732. The Morgan fingerprint density at radius 2 is 1.63 bits per heavy atom. The molecule has 3 amide bonds. The van der Waals surface area contributed by atoms with Crippen molar-refractivity contribution >= 4 is 39.3 Å². The molecule has 0 aliphatic rings. The molecule has 0 radical (unpaired) electrons. The Morgan fingerprint density at radius 1 is 1.11 bits per heavy atom. The number of benzene rings is 1. The van der Waals surface area contributed by atoms with Crippen molar-refractivity contribution in [2.24, 2.45) is 11.5 Å². The molecule has 0 aromatic heterocycles. The molecular formula is C11H13BrN4O3. The number of amides is 3. The van der Waals surface area contributed by atoms with Crippen LogP contribution < -0.4 is 17.2 Å². The number of hydrogen-bond acceptors (Lipinski definition) is 4. The van der Waals surface area contributed by atoms with Gasteiger partial charge in [0.15, 0.2) is 0 Å². The number of rotatable bonds is 5. The van der Waals surface area contributed by atoms with Gasteiger partial charge in [-0.05, 0) is 34.1 Å². The molecule has 6 N–H and O–H groups in total. The van der Waals surface area contributed by atoms with Crippen LogP contribution >= 0.6 is 15.9 Å². The van der Waals surface area contributed by atoms with E-state index in [1.54, 1.807) is 0 Å². The number of carbonyl (C=O) groups is 3. The summed E-state index contributed by atoms with van der Waals surface area (Å²) >= 11 is 3.19. The highest BCUT2D eigenvalue weighted by Crippen LogP contribution is 2.21. The molecular weight excluding hydrogens is 316 g/mol. The number of hydrogen-bond donors (Lipinski definition) is 3. The van der Waals surface area contributed by atoms with Crippen LogP contribution in [-0.4, -0.2) is 35.7 Å². The molecule has 0 aliphatic carbocycles. The second-order valence-electron chi connectivity index (χ2n) is 3.83. The first-order chi connectivity index (χ1) is 8.81. The van der Waals surface area contributed by atoms with Crippen molar-refractivity contribution in [1.29, 1.82) is 0 Å². The van der Waals surface area contributed by atoms with Gasteiger partial charge in [0.05, 0.1) is 0 Å². The molecule has 0 fully saturated rings. The molecule has 7 nitrogen and oxygen atoms in total. The minimum absolute atomic E-state index is 0.267. The third-order valence-corrected chi connectivity index (χ3v) is 2.91. The molecule has 0 atom stereocenters. The standard InChI is InChI=1S/C11H13BrN4O3/c12-7-3-6(1-2-8(7)13)11(19)16(4-9(14)17)5-10(15)18/h1-3H,4-5,13H2,(H2,14,17)(H2,15,18). The average molecular weight is 329 g/mol. The number of carbonyl (C=O) groups excluding carboxylic acids is 3. The van der Waals surface area contributed by atoms with Gasteiger partial charge in [0, 0.05) is 15.7 Å². The Kier molecular flexibility index (Phi) is 4.87. The lowest BCUT2D eigenvalue weighted by atomic mass is 10.2. The number of anilines is 1. The number of nitrogen functional groups attached to an aromatic ring is 1. The Morgan fingerprint density at radius 3 is 2.05 bits per heavy atom. The quantitative estimate of drug-likeness (QED) is 0.625. The smallest absolute Gasteiger partial charge is 0.254 e. The van der Waals surface area contributed by atoms with E-state index < -0.39 is 17.7 Å². The van der Waals surface area contributed by atoms with Crippen molar-refractivity contribution in [3.63, 3.8) is 0 Å². The second-order valence-corrected chi connectivity index (χ2v) is 4.68. The largest absolute Gasteiger partial charge is 0.398 e. The SMILES string of the molecule is NC(=O)CN(CC(N)=O)C(=O)c1ccc(N)c(Br)c1. The Bertz CT molecular complexity index is 517. The molecule has 0 heterocycles. The van der Waals surface area contributed by atoms with E-state index in [0.717, 1.165) is 4.90 Å². The summed E-state index contributed by atoms with van der Waals surface area (Å²) in [6.45, 7) is -0.770. The molecule has 1 aromatic rings. The zero-order valence-corrected chi connectivity index (χ0v) is 11.5. The normalized spacial score (nSPS) is 9.95. The van der Waals surface area contributed by atoms with E-state index in [-0.39, 0.29) is 18.7 Å². The molecule has 0 aliphatic heterocycles. The van der Waals surface area contributed by atoms with Gasteiger partial charge in [-0.2, -0.15) is 0 Å². The summed E-state index contributed by atoms with van der Waals surface area (Å²) in [4.78, 5) is 34.9. The summed E-state index contributed by atoms with van der Waals surface area (Å²) in [5, 5.41) is 0. The molecule has 19 heavy (non-hydrogen) atoms. The lowest BCUT2D eigenvalue weighted by molar-refractivity contribution is -0.121. The summed E-state index contributed by atoms with van der Waals surface area (Å²) in [5.74, 6) is -1.99. The van der Waals surface area contributed by atoms with Crippen LogP contribution in [0.1, 0.15) is 10.4 Å². The van der Waals surface area contributed by atoms with Gasteiger partial charge in [-0.3, -0.25) is 14.4 Å². The number of nitrogens with two attached hydrogens (primary N) is 3. The summed E-state index contributed by atoms with van der Waals surface area (Å²) in [6.07, 6.45) is 0. The lowest BCUT2D eigenvalue weighted by Gasteiger charge is -2.19. The Balaban J connectivity index is 3.00. The third-order valence-electron chi connectivity index (χ3n) is 2.23. The van der Waals surface area contributed by atoms with Gasteiger partial charge in [0.1, 0.15) is 13.1 Å². The molecule has 0 unspecified atom stereocenters. The first kappa shape index (κ1) is 15.0. The number of nitrogens with zero attached hydrogens (tertiary/aromatic N) is 1. The highest BCUT2D eigenvalue weighted by molar-refractivity contribution is 9.10. The van der Waals surface area contributed by atoms with Crippen molar-refractivity contribution in [2.75, 3.05) is 18.8 Å². The van der Waals surface area contributed by atoms with Crippen molar-refractivity contribution in [3.8, 4) is 0 Å². The van der Waals surface area contributed by atoms with E-state index in [2.05, 4.69) is 15.9 Å². The molecule has 102 valence electrons. The molecule has 1 rings (SSSR count). The lowest BCUT2D eigenvalue weighted by Crippen LogP contribution is -2.43. The molecule has 0 saturated carbocycles. The van der Waals surface area contributed by atoms with Crippen LogP contribution in [0.2, 0.25) is 0 Å². The molecule has 0 saturated heterocycles. The van der Waals surface area contributed by atoms with E-state index in [1.807, 2.05) is 0 Å². The fraction of sp³-hybridized carbons (Fsp3) is 0.182. The monoisotopic (exact) mass is 328 g/mol. The Hall–Kier alpha value is -2.09. The maximum absolute atomic E-state index is 12.1. The molecule has 0 spiro atoms. The highest BCUT2D eigenvalue weighted by Gasteiger charge is 2.20. The summed E-state index contributed by atoms with van der Waals surface area (Å²) in [6, 6.07) is 4.51. The van der Waals surface area contributed by atoms with Gasteiger partial charge < -0.3 is 22.1 Å². The predicted octanol–water partition coefficient (Wildman–Crippen LogP) is -0.556. The van der Waals surface area contributed by atoms with Crippen LogP contribution in [0, 0.1) is 0 Å². The molecule has 8 heteroatoms. The van der Waals surface area contributed by atoms with Crippen molar-refractivity contribution < 1.29 is 14.4 Å². The first-order valence-corrected chi connectivity index (χ1v) is 6.01. The van der Waals surface area contributed by atoms with E-state index in [0.29, 0.717) is 10.2 Å². The van der Waals surface area contributed by atoms with Gasteiger partial charge in [-0.1, -0.05) is 0 Å². The van der Waals surface area contributed by atoms with Gasteiger partial charge in [0.25, 0.3) is 5.91 Å². The van der Waals surface area contributed by atoms with E-state index in [4.69, 9.17) is 17.2 Å². The number of primary amides is 2. The van der Waals surface area contributed by atoms with E-state index >= 15 is 0 Å². The highest BCUT2D eigenvalue weighted by atomic mass is 79.9. The molecule has 1 aromatic carbocycles. The average Bonchev–Trinajstić information content (AvgIpc) is 2.29. The third kappa shape index (κ3) is 4.25. The van der Waals surface area contributed by atoms with E-state index in [9.17, 15) is 14.4 Å². The van der Waals surface area contributed by atoms with Crippen LogP contribution in [0.25, 0.3) is 0 Å². The topological polar surface area (TPSA) is 133 Å². The van der Waals surface area contributed by atoms with Crippen LogP contribution in [0.15, 0.2) is 22.7 Å². The van der Waals surface area contributed by atoms with Gasteiger partial charge >= 0.3 is 0 Å². The van der Waals surface area contributed by atoms with Crippen molar-refractivity contribution in [3.05, 3.63) is 28.2 Å². The fourth-order valence-electron chi connectivity index (χ4n) is 1.42. The van der Waals surface area contributed by atoms with Gasteiger partial charge in [-0.15, -0.1) is 0 Å². The second kappa shape index (κ2) is 6.19. The first-order valence-electron chi connectivity index (χ1n) is 5.22. The van der Waals surface area contributed by atoms with Crippen LogP contribution in [-0.2, 0) is 9.59 Å². The maximum Gasteiger partial charge on any atom is 0.254 e. The Labute approximate surface area is 117 Å². The van der Waals surface area contributed by atoms with Crippen LogP contribution in [0.4, 0.5) is 5.69 Å². The summed E-state index contributed by atoms with van der Waals surface area (Å²) in [7, 11) is 0. The van der Waals surface area contributed by atoms with Crippen molar-refractivity contribution in [1.82, 2.24) is 4.90 Å². The zero-order chi connectivity index (χ0) is 14.6. The zero-order valence-electron chi connectivity index (χ0n) is 9.93.